The Hall–Kier alpha value is -1.22. The summed E-state index contributed by atoms with van der Waals surface area (Å²) in [6, 6.07) is 4.72. The molecule has 0 bridgehead atoms. The minimum Gasteiger partial charge on any atom is -0.486 e. The van der Waals surface area contributed by atoms with Gasteiger partial charge in [-0.1, -0.05) is 6.07 Å². The Labute approximate surface area is 95.8 Å². The molecule has 1 aromatic rings. The van der Waals surface area contributed by atoms with Gasteiger partial charge in [-0.25, -0.2) is 0 Å². The monoisotopic (exact) mass is 219 g/mol. The largest absolute Gasteiger partial charge is 0.486 e. The van der Waals surface area contributed by atoms with Crippen molar-refractivity contribution >= 4 is 0 Å². The van der Waals surface area contributed by atoms with E-state index in [9.17, 15) is 0 Å². The van der Waals surface area contributed by atoms with E-state index in [-0.39, 0.29) is 0 Å². The summed E-state index contributed by atoms with van der Waals surface area (Å²) < 4.78 is 11.4. The molecule has 1 fully saturated rings. The molecule has 1 atom stereocenters. The van der Waals surface area contributed by atoms with E-state index in [1.807, 2.05) is 0 Å². The highest BCUT2D eigenvalue weighted by Crippen LogP contribution is 2.40. The molecule has 0 spiro atoms. The second-order valence-electron chi connectivity index (χ2n) is 4.53. The van der Waals surface area contributed by atoms with E-state index in [1.54, 1.807) is 0 Å². The van der Waals surface area contributed by atoms with Gasteiger partial charge in [-0.2, -0.15) is 0 Å². The minimum atomic E-state index is 0.440. The van der Waals surface area contributed by atoms with Crippen LogP contribution in [-0.2, 0) is 0 Å². The molecule has 0 saturated carbocycles. The number of hydrogen-bond donors (Lipinski definition) is 1. The van der Waals surface area contributed by atoms with E-state index in [1.165, 1.54) is 24.0 Å². The summed E-state index contributed by atoms with van der Waals surface area (Å²) in [5.41, 5.74) is 2.51. The first kappa shape index (κ1) is 9.97. The van der Waals surface area contributed by atoms with Gasteiger partial charge in [-0.05, 0) is 37.9 Å². The van der Waals surface area contributed by atoms with Gasteiger partial charge < -0.3 is 14.8 Å². The predicted molar refractivity (Wildman–Crippen MR) is 62.1 cm³/mol. The average molecular weight is 219 g/mol. The molecule has 0 radical (unpaired) electrons. The molecule has 2 heterocycles. The molecule has 3 heteroatoms. The molecule has 16 heavy (non-hydrogen) atoms. The van der Waals surface area contributed by atoms with Crippen molar-refractivity contribution in [3.63, 3.8) is 0 Å². The number of ether oxygens (including phenoxy) is 2. The van der Waals surface area contributed by atoms with Gasteiger partial charge in [0.1, 0.15) is 13.2 Å². The van der Waals surface area contributed by atoms with Crippen molar-refractivity contribution in [3.8, 4) is 11.5 Å². The molecular weight excluding hydrogens is 202 g/mol. The van der Waals surface area contributed by atoms with Gasteiger partial charge in [0.05, 0.1) is 0 Å². The summed E-state index contributed by atoms with van der Waals surface area (Å²) in [4.78, 5) is 0. The van der Waals surface area contributed by atoms with E-state index in [4.69, 9.17) is 9.47 Å². The number of hydrogen-bond acceptors (Lipinski definition) is 3. The van der Waals surface area contributed by atoms with Crippen LogP contribution in [0.5, 0.6) is 11.5 Å². The van der Waals surface area contributed by atoms with E-state index < -0.39 is 0 Å². The van der Waals surface area contributed by atoms with Gasteiger partial charge in [0, 0.05) is 11.6 Å². The van der Waals surface area contributed by atoms with Crippen molar-refractivity contribution in [2.75, 3.05) is 19.8 Å². The lowest BCUT2D eigenvalue weighted by Crippen LogP contribution is -2.20. The zero-order chi connectivity index (χ0) is 11.0. The standard InChI is InChI=1S/C13H17NO2/c1-9-7-10(11-3-2-4-14-11)13-12(8-9)15-5-6-16-13/h7-8,11,14H,2-6H2,1H3. The Bertz CT molecular complexity index is 397. The van der Waals surface area contributed by atoms with Gasteiger partial charge in [0.25, 0.3) is 0 Å². The van der Waals surface area contributed by atoms with Crippen molar-refractivity contribution < 1.29 is 9.47 Å². The van der Waals surface area contributed by atoms with Crippen LogP contribution in [0.3, 0.4) is 0 Å². The van der Waals surface area contributed by atoms with E-state index in [2.05, 4.69) is 24.4 Å². The predicted octanol–water partition coefficient (Wildman–Crippen LogP) is 2.19. The van der Waals surface area contributed by atoms with Crippen LogP contribution in [0, 0.1) is 6.92 Å². The van der Waals surface area contributed by atoms with Crippen LogP contribution < -0.4 is 14.8 Å². The summed E-state index contributed by atoms with van der Waals surface area (Å²) in [6.07, 6.45) is 2.44. The summed E-state index contributed by atoms with van der Waals surface area (Å²) in [7, 11) is 0. The maximum absolute atomic E-state index is 5.76. The highest BCUT2D eigenvalue weighted by Gasteiger charge is 2.24. The maximum Gasteiger partial charge on any atom is 0.166 e. The topological polar surface area (TPSA) is 30.5 Å². The number of nitrogens with one attached hydrogen (secondary N) is 1. The van der Waals surface area contributed by atoms with Crippen molar-refractivity contribution in [1.29, 1.82) is 0 Å². The number of rotatable bonds is 1. The zero-order valence-electron chi connectivity index (χ0n) is 9.58. The van der Waals surface area contributed by atoms with E-state index in [0.717, 1.165) is 18.0 Å². The van der Waals surface area contributed by atoms with Crippen molar-refractivity contribution in [1.82, 2.24) is 5.32 Å². The molecule has 1 unspecified atom stereocenters. The van der Waals surface area contributed by atoms with E-state index in [0.29, 0.717) is 19.3 Å². The Morgan fingerprint density at radius 1 is 1.25 bits per heavy atom. The second-order valence-corrected chi connectivity index (χ2v) is 4.53. The number of fused-ring (bicyclic) bond motifs is 1. The molecule has 2 aliphatic rings. The Morgan fingerprint density at radius 2 is 2.12 bits per heavy atom. The van der Waals surface area contributed by atoms with Crippen molar-refractivity contribution in [2.45, 2.75) is 25.8 Å². The molecule has 0 aromatic heterocycles. The molecule has 0 aliphatic carbocycles. The highest BCUT2D eigenvalue weighted by atomic mass is 16.6. The Morgan fingerprint density at radius 3 is 2.94 bits per heavy atom. The third kappa shape index (κ3) is 1.65. The average Bonchev–Trinajstić information content (AvgIpc) is 2.81. The normalized spacial score (nSPS) is 23.4. The van der Waals surface area contributed by atoms with Gasteiger partial charge in [-0.3, -0.25) is 0 Å². The zero-order valence-corrected chi connectivity index (χ0v) is 9.58. The maximum atomic E-state index is 5.76. The molecule has 86 valence electrons. The van der Waals surface area contributed by atoms with Crippen LogP contribution in [-0.4, -0.2) is 19.8 Å². The fourth-order valence-electron chi connectivity index (χ4n) is 2.53. The molecule has 0 amide bonds. The summed E-state index contributed by atoms with van der Waals surface area (Å²) in [5.74, 6) is 1.87. The fraction of sp³-hybridized carbons (Fsp3) is 0.538. The molecular formula is C13H17NO2. The van der Waals surface area contributed by atoms with Crippen LogP contribution in [0.4, 0.5) is 0 Å². The first-order chi connectivity index (χ1) is 7.84. The Balaban J connectivity index is 2.04. The molecule has 1 aromatic carbocycles. The minimum absolute atomic E-state index is 0.440. The van der Waals surface area contributed by atoms with E-state index >= 15 is 0 Å². The summed E-state index contributed by atoms with van der Waals surface area (Å²) in [5, 5.41) is 3.51. The van der Waals surface area contributed by atoms with Crippen LogP contribution in [0.2, 0.25) is 0 Å². The van der Waals surface area contributed by atoms with Gasteiger partial charge in [-0.15, -0.1) is 0 Å². The second kappa shape index (κ2) is 3.98. The molecule has 1 N–H and O–H groups in total. The highest BCUT2D eigenvalue weighted by molar-refractivity contribution is 5.51. The van der Waals surface area contributed by atoms with Crippen molar-refractivity contribution in [2.24, 2.45) is 0 Å². The van der Waals surface area contributed by atoms with Gasteiger partial charge in [0.2, 0.25) is 0 Å². The third-order valence-corrected chi connectivity index (χ3v) is 3.25. The lowest BCUT2D eigenvalue weighted by molar-refractivity contribution is 0.168. The Kier molecular flexibility index (Phi) is 2.48. The summed E-state index contributed by atoms with van der Waals surface area (Å²) in [6.45, 7) is 4.54. The lowest BCUT2D eigenvalue weighted by Gasteiger charge is -2.24. The fourth-order valence-corrected chi connectivity index (χ4v) is 2.53. The van der Waals surface area contributed by atoms with Gasteiger partial charge in [0.15, 0.2) is 11.5 Å². The lowest BCUT2D eigenvalue weighted by atomic mass is 10.0. The number of aryl methyl sites for hydroxylation is 1. The van der Waals surface area contributed by atoms with Crippen LogP contribution in [0.15, 0.2) is 12.1 Å². The summed E-state index contributed by atoms with van der Waals surface area (Å²) >= 11 is 0. The molecule has 1 saturated heterocycles. The van der Waals surface area contributed by atoms with Crippen LogP contribution in [0.1, 0.15) is 30.0 Å². The molecule has 2 aliphatic heterocycles. The molecule has 3 rings (SSSR count). The van der Waals surface area contributed by atoms with Gasteiger partial charge >= 0.3 is 0 Å². The first-order valence-corrected chi connectivity index (χ1v) is 5.98. The number of benzene rings is 1. The van der Waals surface area contributed by atoms with Crippen LogP contribution in [0.25, 0.3) is 0 Å². The van der Waals surface area contributed by atoms with Crippen molar-refractivity contribution in [3.05, 3.63) is 23.3 Å². The SMILES string of the molecule is Cc1cc2c(c(C3CCCN3)c1)OCCO2. The molecule has 3 nitrogen and oxygen atoms in total. The quantitative estimate of drug-likeness (QED) is 0.785. The third-order valence-electron chi connectivity index (χ3n) is 3.25. The first-order valence-electron chi connectivity index (χ1n) is 5.98. The smallest absolute Gasteiger partial charge is 0.166 e. The van der Waals surface area contributed by atoms with Crippen LogP contribution >= 0.6 is 0 Å².